The number of ether oxygens (including phenoxy) is 6. The Morgan fingerprint density at radius 1 is 0.449 bits per heavy atom. The summed E-state index contributed by atoms with van der Waals surface area (Å²) in [6, 6.07) is 14.4. The first-order chi connectivity index (χ1) is 33.3. The summed E-state index contributed by atoms with van der Waals surface area (Å²) in [4.78, 5) is 53.3. The van der Waals surface area contributed by atoms with Crippen molar-refractivity contribution in [2.45, 2.75) is 182 Å². The number of esters is 3. The van der Waals surface area contributed by atoms with Crippen molar-refractivity contribution in [2.75, 3.05) is 19.8 Å². The number of phenolic OH excluding ortho intramolecular Hbond substituents is 2. The normalized spacial score (nSPS) is 12.4. The van der Waals surface area contributed by atoms with E-state index in [0.717, 1.165) is 95.5 Å². The molecule has 0 fully saturated rings. The zero-order valence-corrected chi connectivity index (χ0v) is 42.2. The van der Waals surface area contributed by atoms with Gasteiger partial charge in [-0.1, -0.05) is 123 Å². The molecule has 1 heterocycles. The van der Waals surface area contributed by atoms with Gasteiger partial charge in [0.2, 0.25) is 0 Å². The number of hydrogen-bond acceptors (Lipinski definition) is 14. The van der Waals surface area contributed by atoms with Crippen molar-refractivity contribution in [3.63, 3.8) is 0 Å². The standard InChI is InChI=1S/C55H77N3O11/c1-8-11-14-17-20-23-32-64-53(61)39(5)67-42-27-30-45(48(60)36-42)51-56-50(44-29-26-38(4)35-47(44)59)57-52(58-51)46-31-28-43(68-40(6)54(62)65-33-24-21-18-15-12-9-2)37-49(46)69-41(7)55(63)66-34-25-22-19-16-13-10-3/h26-31,35-37,39-41,59-60H,8-25,32-34H2,1-7H3. The predicted octanol–water partition coefficient (Wildman–Crippen LogP) is 12.6. The molecule has 378 valence electrons. The zero-order chi connectivity index (χ0) is 50.0. The van der Waals surface area contributed by atoms with Crippen LogP contribution in [0.1, 0.15) is 163 Å². The maximum Gasteiger partial charge on any atom is 0.347 e. The number of phenols is 2. The van der Waals surface area contributed by atoms with Crippen molar-refractivity contribution < 1.29 is 53.0 Å². The topological polar surface area (TPSA) is 186 Å². The van der Waals surface area contributed by atoms with Crippen LogP contribution in [0.4, 0.5) is 0 Å². The lowest BCUT2D eigenvalue weighted by molar-refractivity contribution is -0.152. The molecule has 0 aliphatic rings. The number of hydrogen-bond donors (Lipinski definition) is 2. The largest absolute Gasteiger partial charge is 0.507 e. The van der Waals surface area contributed by atoms with E-state index >= 15 is 0 Å². The lowest BCUT2D eigenvalue weighted by atomic mass is 10.1. The summed E-state index contributed by atoms with van der Waals surface area (Å²) in [7, 11) is 0. The minimum atomic E-state index is -1.08. The molecule has 4 rings (SSSR count). The summed E-state index contributed by atoms with van der Waals surface area (Å²) in [6.45, 7) is 14.0. The quantitative estimate of drug-likeness (QED) is 0.0261. The maximum atomic E-state index is 13.3. The lowest BCUT2D eigenvalue weighted by Crippen LogP contribution is -2.27. The molecule has 0 radical (unpaired) electrons. The van der Waals surface area contributed by atoms with Gasteiger partial charge in [0.1, 0.15) is 28.7 Å². The second-order valence-corrected chi connectivity index (χ2v) is 17.7. The molecular formula is C55H77N3O11. The zero-order valence-electron chi connectivity index (χ0n) is 42.2. The Hall–Kier alpha value is -5.92. The molecule has 0 saturated heterocycles. The number of unbranched alkanes of at least 4 members (excludes halogenated alkanes) is 15. The summed E-state index contributed by atoms with van der Waals surface area (Å²) in [6.07, 6.45) is 16.0. The van der Waals surface area contributed by atoms with Crippen molar-refractivity contribution in [3.05, 3.63) is 60.2 Å². The molecule has 3 atom stereocenters. The van der Waals surface area contributed by atoms with Gasteiger partial charge in [0.25, 0.3) is 0 Å². The number of aromatic nitrogens is 3. The molecule has 0 aliphatic heterocycles. The highest BCUT2D eigenvalue weighted by atomic mass is 16.6. The Bertz CT molecular complexity index is 2200. The average Bonchev–Trinajstić information content (AvgIpc) is 3.32. The third kappa shape index (κ3) is 19.2. The lowest BCUT2D eigenvalue weighted by Gasteiger charge is -2.19. The first kappa shape index (κ1) is 55.7. The van der Waals surface area contributed by atoms with Crippen LogP contribution in [0, 0.1) is 6.92 Å². The van der Waals surface area contributed by atoms with Crippen LogP contribution in [0.15, 0.2) is 54.6 Å². The Morgan fingerprint density at radius 3 is 1.22 bits per heavy atom. The SMILES string of the molecule is CCCCCCCCOC(=O)C(C)Oc1ccc(-c2nc(-c3ccc(C)cc3O)nc(-c3ccc(OC(C)C(=O)OCCCCCCCC)cc3OC(C)C(=O)OCCCCCCCC)n2)c(O)c1. The van der Waals surface area contributed by atoms with Gasteiger partial charge in [-0.25, -0.2) is 29.3 Å². The summed E-state index contributed by atoms with van der Waals surface area (Å²) < 4.78 is 34.9. The van der Waals surface area contributed by atoms with Gasteiger partial charge in [0.05, 0.1) is 36.5 Å². The van der Waals surface area contributed by atoms with Crippen LogP contribution in [0.25, 0.3) is 34.2 Å². The molecule has 0 amide bonds. The van der Waals surface area contributed by atoms with E-state index in [9.17, 15) is 24.6 Å². The first-order valence-electron chi connectivity index (χ1n) is 25.4. The highest BCUT2D eigenvalue weighted by Gasteiger charge is 2.25. The van der Waals surface area contributed by atoms with E-state index in [0.29, 0.717) is 24.3 Å². The number of rotatable bonds is 33. The van der Waals surface area contributed by atoms with Gasteiger partial charge >= 0.3 is 17.9 Å². The Labute approximate surface area is 409 Å². The first-order valence-corrected chi connectivity index (χ1v) is 25.4. The molecule has 14 heteroatoms. The van der Waals surface area contributed by atoms with E-state index in [-0.39, 0.29) is 58.4 Å². The van der Waals surface area contributed by atoms with Gasteiger partial charge in [-0.15, -0.1) is 0 Å². The van der Waals surface area contributed by atoms with E-state index in [1.807, 2.05) is 6.92 Å². The molecular weight excluding hydrogens is 879 g/mol. The molecule has 0 saturated carbocycles. The van der Waals surface area contributed by atoms with Crippen LogP contribution < -0.4 is 14.2 Å². The van der Waals surface area contributed by atoms with Crippen LogP contribution in [0.5, 0.6) is 28.7 Å². The molecule has 3 unspecified atom stereocenters. The smallest absolute Gasteiger partial charge is 0.347 e. The third-order valence-electron chi connectivity index (χ3n) is 11.6. The predicted molar refractivity (Wildman–Crippen MR) is 267 cm³/mol. The summed E-state index contributed by atoms with van der Waals surface area (Å²) in [5.41, 5.74) is 1.60. The fourth-order valence-corrected chi connectivity index (χ4v) is 7.46. The second-order valence-electron chi connectivity index (χ2n) is 17.7. The van der Waals surface area contributed by atoms with Crippen molar-refractivity contribution in [1.82, 2.24) is 15.0 Å². The molecule has 69 heavy (non-hydrogen) atoms. The van der Waals surface area contributed by atoms with Crippen LogP contribution in [-0.2, 0) is 28.6 Å². The van der Waals surface area contributed by atoms with E-state index in [2.05, 4.69) is 20.8 Å². The molecule has 2 N–H and O–H groups in total. The number of carbonyl (C=O) groups is 3. The second kappa shape index (κ2) is 30.5. The number of carbonyl (C=O) groups excluding carboxylic acids is 3. The van der Waals surface area contributed by atoms with Gasteiger partial charge in [-0.05, 0) is 88.9 Å². The van der Waals surface area contributed by atoms with Crippen LogP contribution in [0.3, 0.4) is 0 Å². The van der Waals surface area contributed by atoms with Crippen LogP contribution in [-0.4, -0.2) is 81.2 Å². The molecule has 4 aromatic rings. The van der Waals surface area contributed by atoms with Crippen LogP contribution in [0.2, 0.25) is 0 Å². The van der Waals surface area contributed by atoms with Gasteiger partial charge in [0.15, 0.2) is 35.8 Å². The fourth-order valence-electron chi connectivity index (χ4n) is 7.46. The van der Waals surface area contributed by atoms with E-state index < -0.39 is 36.2 Å². The van der Waals surface area contributed by atoms with Gasteiger partial charge in [-0.3, -0.25) is 0 Å². The summed E-state index contributed by atoms with van der Waals surface area (Å²) >= 11 is 0. The van der Waals surface area contributed by atoms with Gasteiger partial charge in [0, 0.05) is 12.1 Å². The minimum absolute atomic E-state index is 0.0322. The number of benzene rings is 3. The van der Waals surface area contributed by atoms with E-state index in [1.165, 1.54) is 31.7 Å². The average molecular weight is 956 g/mol. The molecule has 0 spiro atoms. The van der Waals surface area contributed by atoms with Crippen molar-refractivity contribution >= 4 is 17.9 Å². The number of aromatic hydroxyl groups is 2. The Kier molecular flexibility index (Phi) is 24.6. The highest BCUT2D eigenvalue weighted by Crippen LogP contribution is 2.38. The van der Waals surface area contributed by atoms with Gasteiger partial charge in [-0.2, -0.15) is 0 Å². The van der Waals surface area contributed by atoms with Crippen molar-refractivity contribution in [1.29, 1.82) is 0 Å². The molecule has 1 aromatic heterocycles. The third-order valence-corrected chi connectivity index (χ3v) is 11.6. The Morgan fingerprint density at radius 2 is 0.797 bits per heavy atom. The van der Waals surface area contributed by atoms with E-state index in [1.54, 1.807) is 69.3 Å². The molecule has 0 bridgehead atoms. The van der Waals surface area contributed by atoms with Crippen molar-refractivity contribution in [2.24, 2.45) is 0 Å². The monoisotopic (exact) mass is 956 g/mol. The van der Waals surface area contributed by atoms with Crippen LogP contribution >= 0.6 is 0 Å². The highest BCUT2D eigenvalue weighted by molar-refractivity contribution is 5.78. The summed E-state index contributed by atoms with van der Waals surface area (Å²) in [5.74, 6) is -1.15. The molecule has 0 aliphatic carbocycles. The molecule has 14 nitrogen and oxygen atoms in total. The minimum Gasteiger partial charge on any atom is -0.507 e. The molecule has 3 aromatic carbocycles. The van der Waals surface area contributed by atoms with Crippen molar-refractivity contribution in [3.8, 4) is 62.9 Å². The van der Waals surface area contributed by atoms with E-state index in [4.69, 9.17) is 43.4 Å². The fraction of sp³-hybridized carbons (Fsp3) is 0.564. The summed E-state index contributed by atoms with van der Waals surface area (Å²) in [5, 5.41) is 22.6. The maximum absolute atomic E-state index is 13.3. The van der Waals surface area contributed by atoms with Gasteiger partial charge < -0.3 is 38.6 Å². The number of aryl methyl sites for hydroxylation is 1. The number of nitrogens with zero attached hydrogens (tertiary/aromatic N) is 3. The Balaban J connectivity index is 1.65.